The van der Waals surface area contributed by atoms with Gasteiger partial charge < -0.3 is 10.5 Å². The minimum atomic E-state index is -0.674. The van der Waals surface area contributed by atoms with Crippen molar-refractivity contribution in [2.24, 2.45) is 5.73 Å². The number of hydrogen-bond acceptors (Lipinski definition) is 3. The minimum Gasteiger partial charge on any atom is -0.464 e. The molecule has 0 radical (unpaired) electrons. The van der Waals surface area contributed by atoms with Crippen molar-refractivity contribution in [3.8, 4) is 0 Å². The van der Waals surface area contributed by atoms with Crippen molar-refractivity contribution in [3.05, 3.63) is 12.7 Å². The first kappa shape index (κ1) is 10.2. The summed E-state index contributed by atoms with van der Waals surface area (Å²) in [6.45, 7) is 5.87. The third-order valence-corrected chi connectivity index (χ3v) is 1.27. The van der Waals surface area contributed by atoms with Gasteiger partial charge in [0.2, 0.25) is 0 Å². The zero-order valence-electron chi connectivity index (χ0n) is 6.88. The summed E-state index contributed by atoms with van der Waals surface area (Å²) in [5.74, 6) is -0.395. The summed E-state index contributed by atoms with van der Waals surface area (Å²) < 4.78 is 4.80. The van der Waals surface area contributed by atoms with Crippen LogP contribution in [0.25, 0.3) is 0 Å². The van der Waals surface area contributed by atoms with Crippen LogP contribution in [0, 0.1) is 0 Å². The lowest BCUT2D eigenvalue weighted by Crippen LogP contribution is -2.30. The maximum atomic E-state index is 10.8. The Bertz CT molecular complexity index is 134. The molecule has 11 heavy (non-hydrogen) atoms. The molecule has 0 unspecified atom stereocenters. The fourth-order valence-corrected chi connectivity index (χ4v) is 0.510. The van der Waals surface area contributed by atoms with Gasteiger partial charge in [-0.3, -0.25) is 4.79 Å². The van der Waals surface area contributed by atoms with E-state index in [1.165, 1.54) is 6.08 Å². The molecule has 1 atom stereocenters. The van der Waals surface area contributed by atoms with Crippen LogP contribution < -0.4 is 5.73 Å². The van der Waals surface area contributed by atoms with Gasteiger partial charge in [0.25, 0.3) is 0 Å². The number of carbonyl (C=O) groups is 1. The summed E-state index contributed by atoms with van der Waals surface area (Å²) in [6.07, 6.45) is 3.26. The Morgan fingerprint density at radius 2 is 2.45 bits per heavy atom. The smallest absolute Gasteiger partial charge is 0.326 e. The number of nitrogens with two attached hydrogens (primary N) is 1. The number of ether oxygens (including phenoxy) is 1. The first-order chi connectivity index (χ1) is 5.22. The van der Waals surface area contributed by atoms with Crippen LogP contribution in [0.3, 0.4) is 0 Å². The Morgan fingerprint density at radius 3 is 2.91 bits per heavy atom. The number of carbonyl (C=O) groups excluding carboxylic acids is 1. The van der Waals surface area contributed by atoms with Gasteiger partial charge in [-0.1, -0.05) is 19.4 Å². The second kappa shape index (κ2) is 5.92. The van der Waals surface area contributed by atoms with Crippen molar-refractivity contribution in [1.29, 1.82) is 0 Å². The quantitative estimate of drug-likeness (QED) is 0.365. The van der Waals surface area contributed by atoms with E-state index in [1.807, 2.05) is 6.92 Å². The first-order valence-corrected chi connectivity index (χ1v) is 3.77. The van der Waals surface area contributed by atoms with Gasteiger partial charge in [0.05, 0.1) is 6.61 Å². The molecule has 0 amide bonds. The molecule has 0 spiro atoms. The van der Waals surface area contributed by atoms with Gasteiger partial charge in [-0.05, 0) is 6.42 Å². The van der Waals surface area contributed by atoms with Crippen LogP contribution >= 0.6 is 0 Å². The maximum Gasteiger partial charge on any atom is 0.326 e. The SMILES string of the molecule is C=C[C@H](N)C(=O)OCCCC. The topological polar surface area (TPSA) is 52.3 Å². The molecule has 3 nitrogen and oxygen atoms in total. The van der Waals surface area contributed by atoms with Gasteiger partial charge in [0.1, 0.15) is 6.04 Å². The largest absolute Gasteiger partial charge is 0.464 e. The van der Waals surface area contributed by atoms with E-state index in [0.717, 1.165) is 12.8 Å². The number of unbranched alkanes of at least 4 members (excludes halogenated alkanes) is 1. The van der Waals surface area contributed by atoms with E-state index in [2.05, 4.69) is 6.58 Å². The molecule has 0 aromatic rings. The molecule has 0 aromatic carbocycles. The second-order valence-corrected chi connectivity index (χ2v) is 2.28. The molecule has 0 aliphatic rings. The van der Waals surface area contributed by atoms with E-state index < -0.39 is 12.0 Å². The summed E-state index contributed by atoms with van der Waals surface area (Å²) in [4.78, 5) is 10.8. The Hall–Kier alpha value is -0.830. The highest BCUT2D eigenvalue weighted by atomic mass is 16.5. The van der Waals surface area contributed by atoms with Crippen LogP contribution in [0.4, 0.5) is 0 Å². The van der Waals surface area contributed by atoms with E-state index in [1.54, 1.807) is 0 Å². The summed E-state index contributed by atoms with van der Waals surface area (Å²) >= 11 is 0. The zero-order chi connectivity index (χ0) is 8.69. The Labute approximate surface area is 67.2 Å². The molecule has 0 saturated heterocycles. The molecular weight excluding hydrogens is 142 g/mol. The predicted octanol–water partition coefficient (Wildman–Crippen LogP) is 0.843. The first-order valence-electron chi connectivity index (χ1n) is 3.77. The molecule has 0 aliphatic heterocycles. The molecule has 0 fully saturated rings. The average Bonchev–Trinajstić information content (AvgIpc) is 2.03. The van der Waals surface area contributed by atoms with Gasteiger partial charge in [-0.15, -0.1) is 6.58 Å². The van der Waals surface area contributed by atoms with E-state index in [9.17, 15) is 4.79 Å². The van der Waals surface area contributed by atoms with Gasteiger partial charge in [0.15, 0.2) is 0 Å². The highest BCUT2D eigenvalue weighted by molar-refractivity contribution is 5.77. The minimum absolute atomic E-state index is 0.395. The molecule has 0 rings (SSSR count). The zero-order valence-corrected chi connectivity index (χ0v) is 6.88. The molecular formula is C8H15NO2. The van der Waals surface area contributed by atoms with Crippen molar-refractivity contribution in [2.45, 2.75) is 25.8 Å². The monoisotopic (exact) mass is 157 g/mol. The highest BCUT2D eigenvalue weighted by Gasteiger charge is 2.09. The van der Waals surface area contributed by atoms with Crippen LogP contribution in [0.5, 0.6) is 0 Å². The molecule has 0 aliphatic carbocycles. The van der Waals surface area contributed by atoms with Crippen molar-refractivity contribution < 1.29 is 9.53 Å². The molecule has 0 bridgehead atoms. The Kier molecular flexibility index (Phi) is 5.47. The van der Waals surface area contributed by atoms with Crippen molar-refractivity contribution >= 4 is 5.97 Å². The van der Waals surface area contributed by atoms with Gasteiger partial charge >= 0.3 is 5.97 Å². The number of rotatable bonds is 5. The Balaban J connectivity index is 3.44. The van der Waals surface area contributed by atoms with Crippen LogP contribution in [0.2, 0.25) is 0 Å². The van der Waals surface area contributed by atoms with Crippen molar-refractivity contribution in [1.82, 2.24) is 0 Å². The third kappa shape index (κ3) is 4.56. The average molecular weight is 157 g/mol. The van der Waals surface area contributed by atoms with E-state index in [0.29, 0.717) is 6.61 Å². The van der Waals surface area contributed by atoms with E-state index in [-0.39, 0.29) is 0 Å². The van der Waals surface area contributed by atoms with Crippen LogP contribution in [-0.4, -0.2) is 18.6 Å². The predicted molar refractivity (Wildman–Crippen MR) is 44.0 cm³/mol. The lowest BCUT2D eigenvalue weighted by atomic mass is 10.3. The molecule has 0 aromatic heterocycles. The van der Waals surface area contributed by atoms with Crippen molar-refractivity contribution in [2.75, 3.05) is 6.61 Å². The second-order valence-electron chi connectivity index (χ2n) is 2.28. The number of esters is 1. The maximum absolute atomic E-state index is 10.8. The van der Waals surface area contributed by atoms with E-state index >= 15 is 0 Å². The van der Waals surface area contributed by atoms with Gasteiger partial charge in [-0.2, -0.15) is 0 Å². The fraction of sp³-hybridized carbons (Fsp3) is 0.625. The Morgan fingerprint density at radius 1 is 1.82 bits per heavy atom. The molecule has 0 heterocycles. The summed E-state index contributed by atoms with van der Waals surface area (Å²) in [5, 5.41) is 0. The van der Waals surface area contributed by atoms with Crippen molar-refractivity contribution in [3.63, 3.8) is 0 Å². The van der Waals surface area contributed by atoms with E-state index in [4.69, 9.17) is 10.5 Å². The number of hydrogen-bond donors (Lipinski definition) is 1. The van der Waals surface area contributed by atoms with Gasteiger partial charge in [0, 0.05) is 0 Å². The lowest BCUT2D eigenvalue weighted by Gasteiger charge is -2.05. The molecule has 0 saturated carbocycles. The highest BCUT2D eigenvalue weighted by Crippen LogP contribution is 1.91. The summed E-state index contributed by atoms with van der Waals surface area (Å²) in [5.41, 5.74) is 5.31. The molecule has 2 N–H and O–H groups in total. The normalized spacial score (nSPS) is 12.2. The fourth-order valence-electron chi connectivity index (χ4n) is 0.510. The lowest BCUT2D eigenvalue weighted by molar-refractivity contribution is -0.144. The standard InChI is InChI=1S/C8H15NO2/c1-3-5-6-11-8(10)7(9)4-2/h4,7H,2-3,5-6,9H2,1H3/t7-/m0/s1. The summed E-state index contributed by atoms with van der Waals surface area (Å²) in [6, 6.07) is -0.674. The van der Waals surface area contributed by atoms with Crippen LogP contribution in [0.15, 0.2) is 12.7 Å². The van der Waals surface area contributed by atoms with Gasteiger partial charge in [-0.25, -0.2) is 0 Å². The molecule has 64 valence electrons. The van der Waals surface area contributed by atoms with Crippen LogP contribution in [-0.2, 0) is 9.53 Å². The summed E-state index contributed by atoms with van der Waals surface area (Å²) in [7, 11) is 0. The third-order valence-electron chi connectivity index (χ3n) is 1.27. The van der Waals surface area contributed by atoms with Crippen LogP contribution in [0.1, 0.15) is 19.8 Å². The molecule has 3 heteroatoms.